The number of nitrogens with one attached hydrogen (secondary N) is 1. The highest BCUT2D eigenvalue weighted by molar-refractivity contribution is 5.95. The Balaban J connectivity index is 1.46. The molecule has 2 aliphatic carbocycles. The first-order valence-electron chi connectivity index (χ1n) is 10.0. The third-order valence-corrected chi connectivity index (χ3v) is 6.50. The number of rotatable bonds is 6. The Labute approximate surface area is 156 Å². The Morgan fingerprint density at radius 3 is 2.73 bits per heavy atom. The number of hydrogen-bond acceptors (Lipinski definition) is 2. The summed E-state index contributed by atoms with van der Waals surface area (Å²) in [5.41, 5.74) is 2.96. The summed E-state index contributed by atoms with van der Waals surface area (Å²) < 4.78 is 1.96. The summed E-state index contributed by atoms with van der Waals surface area (Å²) in [6, 6.07) is 10.5. The minimum absolute atomic E-state index is 0.0384. The van der Waals surface area contributed by atoms with E-state index in [9.17, 15) is 4.79 Å². The van der Waals surface area contributed by atoms with Gasteiger partial charge in [0.1, 0.15) is 0 Å². The maximum absolute atomic E-state index is 12.9. The van der Waals surface area contributed by atoms with Crippen LogP contribution in [0.2, 0.25) is 0 Å². The number of aromatic nitrogens is 2. The van der Waals surface area contributed by atoms with Gasteiger partial charge in [-0.2, -0.15) is 5.10 Å². The van der Waals surface area contributed by atoms with E-state index in [2.05, 4.69) is 36.4 Å². The van der Waals surface area contributed by atoms with E-state index in [0.717, 1.165) is 29.5 Å². The van der Waals surface area contributed by atoms with Gasteiger partial charge in [-0.05, 0) is 55.9 Å². The number of hydrogen-bond donors (Lipinski definition) is 1. The zero-order valence-corrected chi connectivity index (χ0v) is 15.8. The zero-order chi connectivity index (χ0) is 18.1. The van der Waals surface area contributed by atoms with Crippen LogP contribution in [0.5, 0.6) is 0 Å². The maximum Gasteiger partial charge on any atom is 0.254 e. The van der Waals surface area contributed by atoms with Gasteiger partial charge in [-0.15, -0.1) is 0 Å². The molecule has 4 rings (SSSR count). The monoisotopic (exact) mass is 351 g/mol. The van der Waals surface area contributed by atoms with Crippen LogP contribution in [0, 0.1) is 17.8 Å². The smallest absolute Gasteiger partial charge is 0.254 e. The van der Waals surface area contributed by atoms with Crippen LogP contribution in [0.1, 0.15) is 61.1 Å². The number of benzene rings is 1. The number of amides is 1. The van der Waals surface area contributed by atoms with Crippen molar-refractivity contribution in [1.29, 1.82) is 0 Å². The van der Waals surface area contributed by atoms with Crippen molar-refractivity contribution in [1.82, 2.24) is 15.1 Å². The molecule has 4 atom stereocenters. The molecule has 4 heteroatoms. The quantitative estimate of drug-likeness (QED) is 0.853. The van der Waals surface area contributed by atoms with Gasteiger partial charge in [0.2, 0.25) is 0 Å². The van der Waals surface area contributed by atoms with Crippen LogP contribution in [0.15, 0.2) is 36.5 Å². The van der Waals surface area contributed by atoms with Crippen molar-refractivity contribution < 1.29 is 4.79 Å². The van der Waals surface area contributed by atoms with Gasteiger partial charge in [-0.1, -0.05) is 43.7 Å². The highest BCUT2D eigenvalue weighted by Crippen LogP contribution is 2.49. The molecule has 26 heavy (non-hydrogen) atoms. The highest BCUT2D eigenvalue weighted by Gasteiger charge is 2.42. The van der Waals surface area contributed by atoms with Crippen LogP contribution in [0.3, 0.4) is 0 Å². The third-order valence-electron chi connectivity index (χ3n) is 6.50. The predicted octanol–water partition coefficient (Wildman–Crippen LogP) is 4.05. The van der Waals surface area contributed by atoms with Crippen molar-refractivity contribution in [2.24, 2.45) is 17.8 Å². The van der Waals surface area contributed by atoms with Gasteiger partial charge in [0, 0.05) is 6.04 Å². The second kappa shape index (κ2) is 7.26. The molecular weight excluding hydrogens is 322 g/mol. The lowest BCUT2D eigenvalue weighted by Crippen LogP contribution is -2.40. The molecule has 0 radical (unpaired) electrons. The summed E-state index contributed by atoms with van der Waals surface area (Å²) in [6.07, 6.45) is 7.96. The second-order valence-electron chi connectivity index (χ2n) is 8.10. The van der Waals surface area contributed by atoms with Crippen LogP contribution < -0.4 is 5.32 Å². The summed E-state index contributed by atoms with van der Waals surface area (Å²) in [7, 11) is 0. The van der Waals surface area contributed by atoms with Crippen LogP contribution in [-0.2, 0) is 13.0 Å². The molecule has 2 aliphatic rings. The van der Waals surface area contributed by atoms with Crippen molar-refractivity contribution in [2.75, 3.05) is 0 Å². The van der Waals surface area contributed by atoms with Gasteiger partial charge in [-0.3, -0.25) is 9.48 Å². The van der Waals surface area contributed by atoms with Crippen LogP contribution in [0.4, 0.5) is 0 Å². The summed E-state index contributed by atoms with van der Waals surface area (Å²) in [6.45, 7) is 4.98. The van der Waals surface area contributed by atoms with Crippen LogP contribution in [-0.4, -0.2) is 21.7 Å². The second-order valence-corrected chi connectivity index (χ2v) is 8.10. The molecule has 0 aliphatic heterocycles. The number of nitrogens with zero attached hydrogens (tertiary/aromatic N) is 2. The summed E-state index contributed by atoms with van der Waals surface area (Å²) in [5.74, 6) is 2.42. The summed E-state index contributed by atoms with van der Waals surface area (Å²) in [4.78, 5) is 12.9. The molecule has 2 aromatic rings. The minimum atomic E-state index is 0.0384. The van der Waals surface area contributed by atoms with Gasteiger partial charge >= 0.3 is 0 Å². The average molecular weight is 351 g/mol. The highest BCUT2D eigenvalue weighted by atomic mass is 16.1. The summed E-state index contributed by atoms with van der Waals surface area (Å²) in [5, 5.41) is 7.78. The first-order chi connectivity index (χ1) is 12.7. The van der Waals surface area contributed by atoms with Gasteiger partial charge in [0.05, 0.1) is 24.0 Å². The fourth-order valence-electron chi connectivity index (χ4n) is 5.16. The van der Waals surface area contributed by atoms with E-state index >= 15 is 0 Å². The average Bonchev–Trinajstić information content (AvgIpc) is 3.37. The predicted molar refractivity (Wildman–Crippen MR) is 103 cm³/mol. The first-order valence-corrected chi connectivity index (χ1v) is 10.0. The van der Waals surface area contributed by atoms with E-state index < -0.39 is 0 Å². The van der Waals surface area contributed by atoms with Crippen molar-refractivity contribution in [3.8, 4) is 0 Å². The lowest BCUT2D eigenvalue weighted by atomic mass is 9.84. The maximum atomic E-state index is 12.9. The molecule has 1 N–H and O–H groups in total. The minimum Gasteiger partial charge on any atom is -0.349 e. The van der Waals surface area contributed by atoms with Gasteiger partial charge < -0.3 is 5.32 Å². The van der Waals surface area contributed by atoms with E-state index in [1.807, 2.05) is 22.9 Å². The fraction of sp³-hybridized carbons (Fsp3) is 0.545. The molecule has 2 saturated carbocycles. The molecule has 1 amide bonds. The van der Waals surface area contributed by atoms with Gasteiger partial charge in [0.25, 0.3) is 5.91 Å². The molecule has 2 fully saturated rings. The first kappa shape index (κ1) is 17.3. The van der Waals surface area contributed by atoms with E-state index in [1.54, 1.807) is 6.20 Å². The van der Waals surface area contributed by atoms with Gasteiger partial charge in [0.15, 0.2) is 0 Å². The van der Waals surface area contributed by atoms with Crippen molar-refractivity contribution in [2.45, 2.75) is 58.5 Å². The standard InChI is InChI=1S/C22H29N3O/c1-3-21-20(13-23-25(21)14-16-7-5-4-6-8-16)22(26)24-15(2)19-12-17-9-10-18(19)11-17/h4-8,13,15,17-19H,3,9-12,14H2,1-2H3,(H,24,26). The third kappa shape index (κ3) is 3.29. The van der Waals surface area contributed by atoms with E-state index in [1.165, 1.54) is 31.2 Å². The SMILES string of the molecule is CCc1c(C(=O)NC(C)C2CC3CCC2C3)cnn1Cc1ccccc1. The molecule has 0 saturated heterocycles. The lowest BCUT2D eigenvalue weighted by Gasteiger charge is -2.28. The molecular formula is C22H29N3O. The molecule has 138 valence electrons. The Bertz CT molecular complexity index is 767. The zero-order valence-electron chi connectivity index (χ0n) is 15.8. The Morgan fingerprint density at radius 1 is 1.27 bits per heavy atom. The van der Waals surface area contributed by atoms with Crippen molar-refractivity contribution >= 4 is 5.91 Å². The Morgan fingerprint density at radius 2 is 2.08 bits per heavy atom. The van der Waals surface area contributed by atoms with E-state index in [-0.39, 0.29) is 11.9 Å². The van der Waals surface area contributed by atoms with Crippen molar-refractivity contribution in [3.63, 3.8) is 0 Å². The number of fused-ring (bicyclic) bond motifs is 2. The van der Waals surface area contributed by atoms with Crippen LogP contribution in [0.25, 0.3) is 0 Å². The summed E-state index contributed by atoms with van der Waals surface area (Å²) >= 11 is 0. The Kier molecular flexibility index (Phi) is 4.84. The largest absolute Gasteiger partial charge is 0.349 e. The normalized spacial score (nSPS) is 25.4. The topological polar surface area (TPSA) is 46.9 Å². The van der Waals surface area contributed by atoms with E-state index in [4.69, 9.17) is 0 Å². The Hall–Kier alpha value is -2.10. The molecule has 1 aromatic carbocycles. The number of carbonyl (C=O) groups excluding carboxylic acids is 1. The molecule has 1 aromatic heterocycles. The fourth-order valence-corrected chi connectivity index (χ4v) is 5.16. The molecule has 4 nitrogen and oxygen atoms in total. The molecule has 4 unspecified atom stereocenters. The van der Waals surface area contributed by atoms with Gasteiger partial charge in [-0.25, -0.2) is 0 Å². The van der Waals surface area contributed by atoms with Crippen molar-refractivity contribution in [3.05, 3.63) is 53.3 Å². The number of carbonyl (C=O) groups is 1. The molecule has 1 heterocycles. The molecule has 2 bridgehead atoms. The molecule has 0 spiro atoms. The van der Waals surface area contributed by atoms with E-state index in [0.29, 0.717) is 12.5 Å². The van der Waals surface area contributed by atoms with Crippen LogP contribution >= 0.6 is 0 Å². The lowest BCUT2D eigenvalue weighted by molar-refractivity contribution is 0.0914.